The molecule has 0 aromatic rings. The molecule has 0 saturated heterocycles. The molecule has 2 heteroatoms. The lowest BCUT2D eigenvalue weighted by molar-refractivity contribution is 0.340. The van der Waals surface area contributed by atoms with Crippen molar-refractivity contribution in [3.8, 4) is 0 Å². The molecule has 1 atom stereocenters. The second kappa shape index (κ2) is 3.15. The van der Waals surface area contributed by atoms with E-state index < -0.39 is 0 Å². The lowest BCUT2D eigenvalue weighted by atomic mass is 10.4. The summed E-state index contributed by atoms with van der Waals surface area (Å²) in [7, 11) is 4.06. The van der Waals surface area contributed by atoms with Gasteiger partial charge in [0.05, 0.1) is 6.04 Å². The summed E-state index contributed by atoms with van der Waals surface area (Å²) in [5.41, 5.74) is 1.37. The van der Waals surface area contributed by atoms with Crippen molar-refractivity contribution in [2.75, 3.05) is 20.6 Å². The Hall–Kier alpha value is -0.370. The summed E-state index contributed by atoms with van der Waals surface area (Å²) >= 11 is 0. The molecule has 1 aliphatic carbocycles. The first-order valence-corrected chi connectivity index (χ1v) is 3.95. The molecule has 0 aliphatic heterocycles. The highest BCUT2D eigenvalue weighted by Crippen LogP contribution is 2.22. The minimum Gasteiger partial charge on any atom is -0.298 e. The molecule has 0 N–H and O–H groups in total. The molecular weight excluding hydrogens is 124 g/mol. The molecule has 0 radical (unpaired) electrons. The first kappa shape index (κ1) is 7.73. The van der Waals surface area contributed by atoms with Gasteiger partial charge in [0, 0.05) is 19.2 Å². The van der Waals surface area contributed by atoms with Gasteiger partial charge in [-0.1, -0.05) is 6.92 Å². The third-order valence-electron chi connectivity index (χ3n) is 2.02. The normalized spacial score (nSPS) is 28.0. The molecule has 58 valence electrons. The van der Waals surface area contributed by atoms with Gasteiger partial charge in [0.1, 0.15) is 0 Å². The summed E-state index contributed by atoms with van der Waals surface area (Å²) in [6.07, 6.45) is 2.44. The predicted octanol–water partition coefficient (Wildman–Crippen LogP) is 1.17. The molecule has 1 unspecified atom stereocenters. The fourth-order valence-corrected chi connectivity index (χ4v) is 1.30. The summed E-state index contributed by atoms with van der Waals surface area (Å²) < 4.78 is 0. The van der Waals surface area contributed by atoms with Crippen molar-refractivity contribution in [2.24, 2.45) is 4.99 Å². The molecule has 2 nitrogen and oxygen atoms in total. The third kappa shape index (κ3) is 1.57. The maximum atomic E-state index is 4.16. The summed E-state index contributed by atoms with van der Waals surface area (Å²) in [6.45, 7) is 3.41. The van der Waals surface area contributed by atoms with Gasteiger partial charge in [0.25, 0.3) is 0 Å². The van der Waals surface area contributed by atoms with Crippen molar-refractivity contribution in [3.63, 3.8) is 0 Å². The molecule has 10 heavy (non-hydrogen) atoms. The van der Waals surface area contributed by atoms with E-state index in [1.54, 1.807) is 0 Å². The van der Waals surface area contributed by atoms with Crippen LogP contribution < -0.4 is 0 Å². The zero-order chi connectivity index (χ0) is 7.56. The smallest absolute Gasteiger partial charge is 0.0527 e. The van der Waals surface area contributed by atoms with E-state index in [0.29, 0.717) is 6.04 Å². The predicted molar refractivity (Wildman–Crippen MR) is 44.7 cm³/mol. The van der Waals surface area contributed by atoms with Gasteiger partial charge in [-0.05, 0) is 20.0 Å². The average molecular weight is 140 g/mol. The van der Waals surface area contributed by atoms with E-state index in [4.69, 9.17) is 0 Å². The van der Waals surface area contributed by atoms with Crippen LogP contribution in [-0.4, -0.2) is 37.3 Å². The number of aliphatic imine (C=N–C) groups is 1. The standard InChI is InChI=1S/C8H16N2/c1-4-5-10(3)8-6-7(8)9-2/h8H,4-6H2,1-3H3. The van der Waals surface area contributed by atoms with Crippen LogP contribution in [0.4, 0.5) is 0 Å². The van der Waals surface area contributed by atoms with Crippen LogP contribution in [0.2, 0.25) is 0 Å². The van der Waals surface area contributed by atoms with Gasteiger partial charge >= 0.3 is 0 Å². The zero-order valence-corrected chi connectivity index (χ0v) is 7.09. The second-order valence-corrected chi connectivity index (χ2v) is 2.92. The first-order valence-electron chi connectivity index (χ1n) is 3.95. The summed E-state index contributed by atoms with van der Waals surface area (Å²) in [6, 6.07) is 0.685. The largest absolute Gasteiger partial charge is 0.298 e. The molecular formula is C8H16N2. The van der Waals surface area contributed by atoms with Crippen molar-refractivity contribution < 1.29 is 0 Å². The van der Waals surface area contributed by atoms with Crippen LogP contribution in [0.3, 0.4) is 0 Å². The monoisotopic (exact) mass is 140 g/mol. The van der Waals surface area contributed by atoms with Crippen molar-refractivity contribution in [3.05, 3.63) is 0 Å². The molecule has 0 bridgehead atoms. The Morgan fingerprint density at radius 1 is 1.70 bits per heavy atom. The van der Waals surface area contributed by atoms with E-state index in [1.807, 2.05) is 7.05 Å². The maximum Gasteiger partial charge on any atom is 0.0527 e. The van der Waals surface area contributed by atoms with Crippen molar-refractivity contribution in [2.45, 2.75) is 25.8 Å². The van der Waals surface area contributed by atoms with E-state index in [1.165, 1.54) is 25.1 Å². The van der Waals surface area contributed by atoms with Crippen LogP contribution in [0.15, 0.2) is 4.99 Å². The summed E-state index contributed by atoms with van der Waals surface area (Å²) in [4.78, 5) is 6.54. The lowest BCUT2D eigenvalue weighted by Crippen LogP contribution is -2.22. The first-order chi connectivity index (χ1) is 4.79. The van der Waals surface area contributed by atoms with Crippen molar-refractivity contribution in [1.82, 2.24) is 4.90 Å². The van der Waals surface area contributed by atoms with E-state index in [0.717, 1.165) is 0 Å². The average Bonchev–Trinajstić information content (AvgIpc) is 2.66. The van der Waals surface area contributed by atoms with Crippen LogP contribution in [0.5, 0.6) is 0 Å². The molecule has 1 rings (SSSR count). The van der Waals surface area contributed by atoms with Gasteiger partial charge in [-0.2, -0.15) is 0 Å². The zero-order valence-electron chi connectivity index (χ0n) is 7.09. The van der Waals surface area contributed by atoms with E-state index in [2.05, 4.69) is 23.9 Å². The van der Waals surface area contributed by atoms with Crippen LogP contribution in [0, 0.1) is 0 Å². The van der Waals surface area contributed by atoms with E-state index in [9.17, 15) is 0 Å². The van der Waals surface area contributed by atoms with Gasteiger partial charge in [0.15, 0.2) is 0 Å². The van der Waals surface area contributed by atoms with Gasteiger partial charge in [-0.15, -0.1) is 0 Å². The Kier molecular flexibility index (Phi) is 2.44. The van der Waals surface area contributed by atoms with Crippen LogP contribution in [-0.2, 0) is 0 Å². The maximum absolute atomic E-state index is 4.16. The van der Waals surface area contributed by atoms with E-state index in [-0.39, 0.29) is 0 Å². The highest BCUT2D eigenvalue weighted by Gasteiger charge is 2.34. The molecule has 0 heterocycles. The molecule has 1 aliphatic rings. The minimum atomic E-state index is 0.685. The van der Waals surface area contributed by atoms with E-state index >= 15 is 0 Å². The molecule has 1 fully saturated rings. The number of rotatable bonds is 3. The molecule has 0 aromatic heterocycles. The molecule has 0 spiro atoms. The van der Waals surface area contributed by atoms with Gasteiger partial charge in [-0.3, -0.25) is 9.89 Å². The molecule has 1 saturated carbocycles. The third-order valence-corrected chi connectivity index (χ3v) is 2.02. The fraction of sp³-hybridized carbons (Fsp3) is 0.875. The van der Waals surface area contributed by atoms with Gasteiger partial charge in [0.2, 0.25) is 0 Å². The minimum absolute atomic E-state index is 0.685. The van der Waals surface area contributed by atoms with Crippen molar-refractivity contribution in [1.29, 1.82) is 0 Å². The Morgan fingerprint density at radius 2 is 2.40 bits per heavy atom. The highest BCUT2D eigenvalue weighted by atomic mass is 15.2. The number of hydrogen-bond donors (Lipinski definition) is 0. The Labute approximate surface area is 62.9 Å². The summed E-state index contributed by atoms with van der Waals surface area (Å²) in [5, 5.41) is 0. The topological polar surface area (TPSA) is 15.6 Å². The SMILES string of the molecule is CCCN(C)C1CC1=NC. The lowest BCUT2D eigenvalue weighted by Gasteiger charge is -2.12. The molecule has 0 amide bonds. The number of hydrogen-bond acceptors (Lipinski definition) is 2. The van der Waals surface area contributed by atoms with Crippen LogP contribution in [0.25, 0.3) is 0 Å². The Balaban J connectivity index is 2.25. The molecule has 0 aromatic carbocycles. The van der Waals surface area contributed by atoms with Gasteiger partial charge in [-0.25, -0.2) is 0 Å². The quantitative estimate of drug-likeness (QED) is 0.574. The highest BCUT2D eigenvalue weighted by molar-refractivity contribution is 6.04. The Morgan fingerprint density at radius 3 is 2.80 bits per heavy atom. The number of nitrogens with zero attached hydrogens (tertiary/aromatic N) is 2. The fourth-order valence-electron chi connectivity index (χ4n) is 1.30. The van der Waals surface area contributed by atoms with Gasteiger partial charge < -0.3 is 0 Å². The summed E-state index contributed by atoms with van der Waals surface area (Å²) in [5.74, 6) is 0. The van der Waals surface area contributed by atoms with Crippen LogP contribution in [0.1, 0.15) is 19.8 Å². The second-order valence-electron chi connectivity index (χ2n) is 2.92. The van der Waals surface area contributed by atoms with Crippen LogP contribution >= 0.6 is 0 Å². The van der Waals surface area contributed by atoms with Crippen molar-refractivity contribution >= 4 is 5.71 Å². The Bertz CT molecular complexity index is 140.